The van der Waals surface area contributed by atoms with E-state index >= 15 is 0 Å². The Kier molecular flexibility index (Phi) is 5.97. The van der Waals surface area contributed by atoms with Gasteiger partial charge < -0.3 is 10.6 Å². The fraction of sp³-hybridized carbons (Fsp3) is 0.227. The second-order valence-corrected chi connectivity index (χ2v) is 8.87. The number of anilines is 1. The smallest absolute Gasteiger partial charge is 0.251 e. The van der Waals surface area contributed by atoms with Gasteiger partial charge in [0, 0.05) is 46.5 Å². The summed E-state index contributed by atoms with van der Waals surface area (Å²) in [6.45, 7) is 2.57. The van der Waals surface area contributed by atoms with Crippen LogP contribution >= 0.6 is 23.1 Å². The second kappa shape index (κ2) is 8.80. The van der Waals surface area contributed by atoms with Gasteiger partial charge in [-0.3, -0.25) is 9.59 Å². The number of carbonyl (C=O) groups excluding carboxylic acids is 2. The molecule has 0 unspecified atom stereocenters. The molecule has 0 radical (unpaired) electrons. The molecule has 0 saturated carbocycles. The van der Waals surface area contributed by atoms with Crippen LogP contribution in [-0.4, -0.2) is 29.1 Å². The maximum atomic E-state index is 12.5. The molecule has 148 valence electrons. The minimum atomic E-state index is -0.148. The zero-order chi connectivity index (χ0) is 20.2. The maximum absolute atomic E-state index is 12.5. The van der Waals surface area contributed by atoms with Crippen LogP contribution in [-0.2, 0) is 11.2 Å². The number of nitrogens with zero attached hydrogens (tertiary/aromatic N) is 1. The zero-order valence-corrected chi connectivity index (χ0v) is 17.7. The monoisotopic (exact) mass is 423 g/mol. The van der Waals surface area contributed by atoms with Crippen LogP contribution in [0, 0.1) is 6.92 Å². The van der Waals surface area contributed by atoms with Gasteiger partial charge in [0.1, 0.15) is 5.01 Å². The lowest BCUT2D eigenvalue weighted by Crippen LogP contribution is -2.26. The number of thioether (sulfide) groups is 1. The number of hydrogen-bond donors (Lipinski definition) is 2. The molecule has 5 nitrogen and oxygen atoms in total. The number of amides is 2. The molecule has 7 heteroatoms. The van der Waals surface area contributed by atoms with Gasteiger partial charge in [-0.1, -0.05) is 29.8 Å². The van der Waals surface area contributed by atoms with E-state index in [1.165, 1.54) is 5.56 Å². The van der Waals surface area contributed by atoms with Crippen molar-refractivity contribution < 1.29 is 9.59 Å². The van der Waals surface area contributed by atoms with Gasteiger partial charge in [0.15, 0.2) is 0 Å². The molecule has 0 bridgehead atoms. The Morgan fingerprint density at radius 1 is 1.21 bits per heavy atom. The van der Waals surface area contributed by atoms with E-state index < -0.39 is 0 Å². The van der Waals surface area contributed by atoms with E-state index in [0.717, 1.165) is 26.9 Å². The number of rotatable bonds is 5. The lowest BCUT2D eigenvalue weighted by atomic mass is 10.1. The Hall–Kier alpha value is -2.64. The highest BCUT2D eigenvalue weighted by molar-refractivity contribution is 7.99. The molecule has 2 heterocycles. The van der Waals surface area contributed by atoms with Crippen molar-refractivity contribution in [1.29, 1.82) is 0 Å². The molecule has 2 N–H and O–H groups in total. The minimum absolute atomic E-state index is 0.0123. The van der Waals surface area contributed by atoms with Crippen molar-refractivity contribution in [2.24, 2.45) is 0 Å². The topological polar surface area (TPSA) is 71.1 Å². The standard InChI is InChI=1S/C22H21N3O2S2/c1-14-2-4-15(5-3-14)22-24-17(13-29-22)8-10-23-21(27)16-6-7-19-18(12-16)25-20(26)9-11-28-19/h2-7,12-13H,8-11H2,1H3,(H,23,27)(H,25,26). The van der Waals surface area contributed by atoms with Gasteiger partial charge >= 0.3 is 0 Å². The Morgan fingerprint density at radius 3 is 2.86 bits per heavy atom. The molecule has 0 atom stereocenters. The summed E-state index contributed by atoms with van der Waals surface area (Å²) in [5.41, 5.74) is 4.57. The molecule has 29 heavy (non-hydrogen) atoms. The van der Waals surface area contributed by atoms with Gasteiger partial charge in [-0.25, -0.2) is 4.98 Å². The van der Waals surface area contributed by atoms with Gasteiger partial charge in [-0.05, 0) is 25.1 Å². The van der Waals surface area contributed by atoms with E-state index in [1.807, 2.05) is 11.4 Å². The molecule has 4 rings (SSSR count). The predicted molar refractivity (Wildman–Crippen MR) is 119 cm³/mol. The van der Waals surface area contributed by atoms with Gasteiger partial charge in [0.2, 0.25) is 5.91 Å². The van der Waals surface area contributed by atoms with Crippen molar-refractivity contribution in [3.8, 4) is 10.6 Å². The summed E-state index contributed by atoms with van der Waals surface area (Å²) >= 11 is 3.24. The molecule has 1 aliphatic heterocycles. The van der Waals surface area contributed by atoms with E-state index in [2.05, 4.69) is 46.8 Å². The molecule has 2 aromatic carbocycles. The van der Waals surface area contributed by atoms with Gasteiger partial charge in [0.25, 0.3) is 5.91 Å². The predicted octanol–water partition coefficient (Wildman–Crippen LogP) is 4.53. The lowest BCUT2D eigenvalue weighted by molar-refractivity contribution is -0.115. The van der Waals surface area contributed by atoms with Crippen LogP contribution in [0.4, 0.5) is 5.69 Å². The molecule has 1 aliphatic rings. The van der Waals surface area contributed by atoms with Crippen LogP contribution in [0.15, 0.2) is 52.7 Å². The highest BCUT2D eigenvalue weighted by Gasteiger charge is 2.15. The van der Waals surface area contributed by atoms with E-state index in [9.17, 15) is 9.59 Å². The van der Waals surface area contributed by atoms with Crippen molar-refractivity contribution in [2.75, 3.05) is 17.6 Å². The Labute approximate surface area is 178 Å². The summed E-state index contributed by atoms with van der Waals surface area (Å²) in [6.07, 6.45) is 1.16. The van der Waals surface area contributed by atoms with Crippen LogP contribution in [0.25, 0.3) is 10.6 Å². The largest absolute Gasteiger partial charge is 0.352 e. The fourth-order valence-corrected chi connectivity index (χ4v) is 4.82. The Morgan fingerprint density at radius 2 is 2.03 bits per heavy atom. The number of benzene rings is 2. The summed E-state index contributed by atoms with van der Waals surface area (Å²) in [5.74, 6) is 0.592. The quantitative estimate of drug-likeness (QED) is 0.633. The minimum Gasteiger partial charge on any atom is -0.352 e. The van der Waals surface area contributed by atoms with Gasteiger partial charge in [-0.2, -0.15) is 0 Å². The Balaban J connectivity index is 1.35. The number of thiazole rings is 1. The number of aryl methyl sites for hydroxylation is 1. The Bertz CT molecular complexity index is 1040. The molecular weight excluding hydrogens is 402 g/mol. The molecule has 2 amide bonds. The molecule has 1 aromatic heterocycles. The van der Waals surface area contributed by atoms with Crippen LogP contribution in [0.5, 0.6) is 0 Å². The van der Waals surface area contributed by atoms with E-state index in [-0.39, 0.29) is 11.8 Å². The SMILES string of the molecule is Cc1ccc(-c2nc(CCNC(=O)c3ccc4c(c3)NC(=O)CCS4)cs2)cc1. The molecule has 0 aliphatic carbocycles. The first-order valence-corrected chi connectivity index (χ1v) is 11.3. The third-order valence-electron chi connectivity index (χ3n) is 4.62. The summed E-state index contributed by atoms with van der Waals surface area (Å²) in [4.78, 5) is 29.9. The van der Waals surface area contributed by atoms with E-state index in [4.69, 9.17) is 0 Å². The number of fused-ring (bicyclic) bond motifs is 1. The van der Waals surface area contributed by atoms with Crippen molar-refractivity contribution in [3.05, 3.63) is 64.7 Å². The number of nitrogens with one attached hydrogen (secondary N) is 2. The number of carbonyl (C=O) groups is 2. The first-order chi connectivity index (χ1) is 14.1. The third-order valence-corrected chi connectivity index (χ3v) is 6.63. The van der Waals surface area contributed by atoms with Crippen molar-refractivity contribution in [3.63, 3.8) is 0 Å². The summed E-state index contributed by atoms with van der Waals surface area (Å²) in [6, 6.07) is 13.8. The summed E-state index contributed by atoms with van der Waals surface area (Å²) in [7, 11) is 0. The zero-order valence-electron chi connectivity index (χ0n) is 16.0. The highest BCUT2D eigenvalue weighted by atomic mass is 32.2. The van der Waals surface area contributed by atoms with Crippen molar-refractivity contribution >= 4 is 40.6 Å². The first kappa shape index (κ1) is 19.7. The van der Waals surface area contributed by atoms with Crippen LogP contribution in [0.2, 0.25) is 0 Å². The third kappa shape index (κ3) is 4.86. The maximum Gasteiger partial charge on any atom is 0.251 e. The molecule has 0 saturated heterocycles. The van der Waals surface area contributed by atoms with Crippen LogP contribution < -0.4 is 10.6 Å². The summed E-state index contributed by atoms with van der Waals surface area (Å²) in [5, 5.41) is 8.85. The van der Waals surface area contributed by atoms with Gasteiger partial charge in [0.05, 0.1) is 11.4 Å². The van der Waals surface area contributed by atoms with Crippen LogP contribution in [0.1, 0.15) is 28.0 Å². The van der Waals surface area contributed by atoms with Gasteiger partial charge in [-0.15, -0.1) is 23.1 Å². The second-order valence-electron chi connectivity index (χ2n) is 6.87. The van der Waals surface area contributed by atoms with Crippen molar-refractivity contribution in [1.82, 2.24) is 10.3 Å². The summed E-state index contributed by atoms with van der Waals surface area (Å²) < 4.78 is 0. The fourth-order valence-electron chi connectivity index (χ4n) is 3.02. The average Bonchev–Trinajstić information content (AvgIpc) is 3.10. The van der Waals surface area contributed by atoms with E-state index in [0.29, 0.717) is 30.6 Å². The number of aromatic nitrogens is 1. The van der Waals surface area contributed by atoms with Crippen LogP contribution in [0.3, 0.4) is 0 Å². The van der Waals surface area contributed by atoms with Crippen molar-refractivity contribution in [2.45, 2.75) is 24.7 Å². The first-order valence-electron chi connectivity index (χ1n) is 9.45. The normalized spacial score (nSPS) is 13.3. The molecular formula is C22H21N3O2S2. The number of hydrogen-bond acceptors (Lipinski definition) is 5. The lowest BCUT2D eigenvalue weighted by Gasteiger charge is -2.09. The molecule has 0 fully saturated rings. The van der Waals surface area contributed by atoms with E-state index in [1.54, 1.807) is 35.2 Å². The average molecular weight is 424 g/mol. The highest BCUT2D eigenvalue weighted by Crippen LogP contribution is 2.31. The molecule has 3 aromatic rings. The molecule has 0 spiro atoms.